The molecule has 4 saturated heterocycles. The van der Waals surface area contributed by atoms with E-state index in [1.807, 2.05) is 11.8 Å². The van der Waals surface area contributed by atoms with Crippen LogP contribution in [-0.2, 0) is 4.79 Å². The molecule has 0 aromatic carbocycles. The van der Waals surface area contributed by atoms with Gasteiger partial charge in [-0.2, -0.15) is 23.5 Å². The molecule has 4 heterocycles. The third-order valence-corrected chi connectivity index (χ3v) is 8.44. The maximum Gasteiger partial charge on any atom is 0.141 e. The van der Waals surface area contributed by atoms with Gasteiger partial charge < -0.3 is 5.11 Å². The third kappa shape index (κ3) is 1.79. The molecule has 0 aromatic rings. The lowest BCUT2D eigenvalue weighted by Crippen LogP contribution is -2.52. The predicted octanol–water partition coefficient (Wildman–Crippen LogP) is 2.63. The summed E-state index contributed by atoms with van der Waals surface area (Å²) in [6.45, 7) is 0. The van der Waals surface area contributed by atoms with Crippen molar-refractivity contribution in [3.05, 3.63) is 0 Å². The van der Waals surface area contributed by atoms with E-state index in [9.17, 15) is 9.90 Å². The highest BCUT2D eigenvalue weighted by molar-refractivity contribution is 8.01. The number of carbonyl (C=O) groups excluding carboxylic acids is 1. The van der Waals surface area contributed by atoms with Gasteiger partial charge in [-0.05, 0) is 38.5 Å². The van der Waals surface area contributed by atoms with Gasteiger partial charge in [0, 0.05) is 27.4 Å². The molecule has 0 saturated carbocycles. The summed E-state index contributed by atoms with van der Waals surface area (Å²) in [5.41, 5.74) is -0.666. The lowest BCUT2D eigenvalue weighted by molar-refractivity contribution is -0.133. The Labute approximate surface area is 117 Å². The van der Waals surface area contributed by atoms with Crippen LogP contribution in [0.5, 0.6) is 0 Å². The molecule has 4 bridgehead atoms. The van der Waals surface area contributed by atoms with Crippen molar-refractivity contribution >= 4 is 29.3 Å². The van der Waals surface area contributed by atoms with E-state index in [0.29, 0.717) is 26.8 Å². The van der Waals surface area contributed by atoms with Crippen LogP contribution in [0.1, 0.15) is 44.9 Å². The van der Waals surface area contributed by atoms with Crippen LogP contribution in [0.15, 0.2) is 0 Å². The number of Topliss-reactive ketones (excluding diaryl/α,β-unsaturated/α-hetero) is 1. The quantitative estimate of drug-likeness (QED) is 0.803. The SMILES string of the molecule is O=C1C[C@H]2CC[C@H](S2)[C@@H]1C1(O)C[C@H]2CC[C@@H](C1)S2. The average molecular weight is 284 g/mol. The first-order valence-electron chi connectivity index (χ1n) is 7.20. The molecule has 4 rings (SSSR count). The van der Waals surface area contributed by atoms with Crippen LogP contribution in [-0.4, -0.2) is 37.5 Å². The van der Waals surface area contributed by atoms with E-state index in [4.69, 9.17) is 0 Å². The van der Waals surface area contributed by atoms with Crippen molar-refractivity contribution in [3.8, 4) is 0 Å². The minimum atomic E-state index is -0.666. The first kappa shape index (κ1) is 12.1. The third-order valence-electron chi connectivity index (χ3n) is 5.22. The largest absolute Gasteiger partial charge is 0.389 e. The highest BCUT2D eigenvalue weighted by Gasteiger charge is 2.55. The lowest BCUT2D eigenvalue weighted by atomic mass is 9.75. The summed E-state index contributed by atoms with van der Waals surface area (Å²) in [4.78, 5) is 12.4. The molecule has 4 heteroatoms. The van der Waals surface area contributed by atoms with Crippen LogP contribution in [0, 0.1) is 5.92 Å². The minimum absolute atomic E-state index is 0.0507. The number of aliphatic hydroxyl groups is 1. The van der Waals surface area contributed by atoms with Crippen molar-refractivity contribution in [2.45, 2.75) is 71.5 Å². The van der Waals surface area contributed by atoms with Gasteiger partial charge >= 0.3 is 0 Å². The summed E-state index contributed by atoms with van der Waals surface area (Å²) in [7, 11) is 0. The molecule has 0 spiro atoms. The van der Waals surface area contributed by atoms with E-state index in [0.717, 1.165) is 25.7 Å². The Hall–Kier alpha value is 0.330. The fraction of sp³-hybridized carbons (Fsp3) is 0.929. The molecule has 0 amide bonds. The van der Waals surface area contributed by atoms with Gasteiger partial charge in [-0.1, -0.05) is 0 Å². The Morgan fingerprint density at radius 1 is 1.00 bits per heavy atom. The van der Waals surface area contributed by atoms with Crippen LogP contribution in [0.4, 0.5) is 0 Å². The molecule has 0 aliphatic carbocycles. The highest BCUT2D eigenvalue weighted by atomic mass is 32.2. The van der Waals surface area contributed by atoms with E-state index in [2.05, 4.69) is 11.8 Å². The van der Waals surface area contributed by atoms with Gasteiger partial charge in [-0.3, -0.25) is 4.79 Å². The molecule has 1 unspecified atom stereocenters. The first-order chi connectivity index (χ1) is 8.64. The van der Waals surface area contributed by atoms with Gasteiger partial charge in [0.1, 0.15) is 5.78 Å². The van der Waals surface area contributed by atoms with Crippen molar-refractivity contribution in [2.24, 2.45) is 5.92 Å². The Morgan fingerprint density at radius 2 is 1.67 bits per heavy atom. The molecular formula is C14H20O2S2. The fourth-order valence-electron chi connectivity index (χ4n) is 4.54. The number of hydrogen-bond acceptors (Lipinski definition) is 4. The van der Waals surface area contributed by atoms with Crippen LogP contribution in [0.2, 0.25) is 0 Å². The van der Waals surface area contributed by atoms with E-state index in [-0.39, 0.29) is 5.92 Å². The smallest absolute Gasteiger partial charge is 0.141 e. The van der Waals surface area contributed by atoms with Crippen LogP contribution < -0.4 is 0 Å². The Morgan fingerprint density at radius 3 is 2.39 bits per heavy atom. The zero-order valence-electron chi connectivity index (χ0n) is 10.5. The second-order valence-electron chi connectivity index (χ2n) is 6.49. The van der Waals surface area contributed by atoms with Gasteiger partial charge in [0.15, 0.2) is 0 Å². The number of ketones is 1. The summed E-state index contributed by atoms with van der Waals surface area (Å²) in [5, 5.41) is 13.3. The monoisotopic (exact) mass is 284 g/mol. The second kappa shape index (κ2) is 4.16. The van der Waals surface area contributed by atoms with E-state index < -0.39 is 5.60 Å². The van der Waals surface area contributed by atoms with Gasteiger partial charge in [0.2, 0.25) is 0 Å². The second-order valence-corrected chi connectivity index (χ2v) is 9.64. The van der Waals surface area contributed by atoms with Gasteiger partial charge in [-0.15, -0.1) is 0 Å². The molecule has 1 N–H and O–H groups in total. The highest BCUT2D eigenvalue weighted by Crippen LogP contribution is 2.55. The summed E-state index contributed by atoms with van der Waals surface area (Å²) in [6, 6.07) is 0. The van der Waals surface area contributed by atoms with Crippen molar-refractivity contribution < 1.29 is 9.90 Å². The number of rotatable bonds is 1. The minimum Gasteiger partial charge on any atom is -0.389 e. The summed E-state index contributed by atoms with van der Waals surface area (Å²) in [6.07, 6.45) is 7.29. The lowest BCUT2D eigenvalue weighted by Gasteiger charge is -2.44. The number of fused-ring (bicyclic) bond motifs is 4. The normalized spacial score (nSPS) is 54.9. The molecule has 2 nitrogen and oxygen atoms in total. The standard InChI is InChI=1S/C14H20O2S2/c15-11-5-8-3-4-12(18-8)13(11)14(16)6-9-1-2-10(7-14)17-9/h8-10,12-13,16H,1-7H2/t8-,9-,10+,12+,13-,14?/m1/s1. The van der Waals surface area contributed by atoms with Crippen LogP contribution in [0.25, 0.3) is 0 Å². The number of thioether (sulfide) groups is 2. The Kier molecular flexibility index (Phi) is 2.80. The molecule has 100 valence electrons. The molecule has 18 heavy (non-hydrogen) atoms. The zero-order chi connectivity index (χ0) is 12.3. The van der Waals surface area contributed by atoms with E-state index in [1.54, 1.807) is 0 Å². The molecule has 0 aromatic heterocycles. The fourth-order valence-corrected chi connectivity index (χ4v) is 8.26. The molecular weight excluding hydrogens is 264 g/mol. The maximum absolute atomic E-state index is 12.4. The van der Waals surface area contributed by atoms with Crippen LogP contribution in [0.3, 0.4) is 0 Å². The van der Waals surface area contributed by atoms with Crippen molar-refractivity contribution in [1.82, 2.24) is 0 Å². The predicted molar refractivity (Wildman–Crippen MR) is 76.1 cm³/mol. The van der Waals surface area contributed by atoms with Gasteiger partial charge in [0.05, 0.1) is 11.5 Å². The molecule has 0 radical (unpaired) electrons. The summed E-state index contributed by atoms with van der Waals surface area (Å²) < 4.78 is 0. The molecule has 6 atom stereocenters. The summed E-state index contributed by atoms with van der Waals surface area (Å²) >= 11 is 4.05. The maximum atomic E-state index is 12.4. The number of carbonyl (C=O) groups is 1. The van der Waals surface area contributed by atoms with Gasteiger partial charge in [0.25, 0.3) is 0 Å². The van der Waals surface area contributed by atoms with Gasteiger partial charge in [-0.25, -0.2) is 0 Å². The summed E-state index contributed by atoms with van der Waals surface area (Å²) in [5.74, 6) is 0.320. The van der Waals surface area contributed by atoms with Crippen LogP contribution >= 0.6 is 23.5 Å². The number of hydrogen-bond donors (Lipinski definition) is 1. The zero-order valence-corrected chi connectivity index (χ0v) is 12.1. The first-order valence-corrected chi connectivity index (χ1v) is 9.09. The van der Waals surface area contributed by atoms with E-state index >= 15 is 0 Å². The van der Waals surface area contributed by atoms with Crippen molar-refractivity contribution in [1.29, 1.82) is 0 Å². The molecule has 4 aliphatic rings. The van der Waals surface area contributed by atoms with E-state index in [1.165, 1.54) is 19.3 Å². The topological polar surface area (TPSA) is 37.3 Å². The Bertz CT molecular complexity index is 372. The van der Waals surface area contributed by atoms with Crippen molar-refractivity contribution in [2.75, 3.05) is 0 Å². The molecule has 4 aliphatic heterocycles. The van der Waals surface area contributed by atoms with Crippen molar-refractivity contribution in [3.63, 3.8) is 0 Å². The Balaban J connectivity index is 1.63. The molecule has 4 fully saturated rings. The average Bonchev–Trinajstić information content (AvgIpc) is 2.83.